The number of hydrogen-bond acceptors (Lipinski definition) is 6. The van der Waals surface area contributed by atoms with Crippen molar-refractivity contribution >= 4 is 17.9 Å². The van der Waals surface area contributed by atoms with Crippen LogP contribution in [0.25, 0.3) is 0 Å². The molecule has 0 saturated heterocycles. The molecule has 6 heteroatoms. The predicted molar refractivity (Wildman–Crippen MR) is 270 cm³/mol. The largest absolute Gasteiger partial charge is 0.462 e. The van der Waals surface area contributed by atoms with Crippen LogP contribution in [0, 0.1) is 0 Å². The van der Waals surface area contributed by atoms with Crippen LogP contribution in [0.5, 0.6) is 0 Å². The Bertz CT molecular complexity index is 1110. The van der Waals surface area contributed by atoms with E-state index >= 15 is 0 Å². The van der Waals surface area contributed by atoms with E-state index in [0.29, 0.717) is 19.3 Å². The van der Waals surface area contributed by atoms with E-state index in [1.165, 1.54) is 154 Å². The van der Waals surface area contributed by atoms with Crippen molar-refractivity contribution in [3.05, 3.63) is 48.6 Å². The average molecular weight is 883 g/mol. The van der Waals surface area contributed by atoms with E-state index in [2.05, 4.69) is 69.4 Å². The monoisotopic (exact) mass is 883 g/mol. The van der Waals surface area contributed by atoms with Crippen LogP contribution < -0.4 is 0 Å². The first kappa shape index (κ1) is 60.4. The number of allylic oxidation sites excluding steroid dienone is 8. The zero-order chi connectivity index (χ0) is 45.8. The van der Waals surface area contributed by atoms with E-state index in [1.54, 1.807) is 0 Å². The van der Waals surface area contributed by atoms with Crippen LogP contribution in [0.15, 0.2) is 48.6 Å². The van der Waals surface area contributed by atoms with Crippen LogP contribution in [0.2, 0.25) is 0 Å². The van der Waals surface area contributed by atoms with Crippen molar-refractivity contribution in [1.82, 2.24) is 0 Å². The molecule has 0 unspecified atom stereocenters. The highest BCUT2D eigenvalue weighted by molar-refractivity contribution is 5.71. The Hall–Kier alpha value is -2.63. The number of unbranched alkanes of at least 4 members (excludes halogenated alkanes) is 30. The summed E-state index contributed by atoms with van der Waals surface area (Å²) in [5, 5.41) is 0. The molecule has 0 aromatic heterocycles. The summed E-state index contributed by atoms with van der Waals surface area (Å²) in [6, 6.07) is 0. The molecule has 366 valence electrons. The van der Waals surface area contributed by atoms with Gasteiger partial charge in [0.05, 0.1) is 0 Å². The number of rotatable bonds is 49. The van der Waals surface area contributed by atoms with E-state index in [4.69, 9.17) is 14.2 Å². The molecule has 0 aromatic carbocycles. The van der Waals surface area contributed by atoms with Gasteiger partial charge in [-0.15, -0.1) is 0 Å². The Morgan fingerprint density at radius 1 is 0.317 bits per heavy atom. The molecule has 0 aliphatic heterocycles. The van der Waals surface area contributed by atoms with Crippen LogP contribution in [0.1, 0.15) is 278 Å². The lowest BCUT2D eigenvalue weighted by molar-refractivity contribution is -0.167. The van der Waals surface area contributed by atoms with Crippen molar-refractivity contribution in [2.75, 3.05) is 13.2 Å². The smallest absolute Gasteiger partial charge is 0.306 e. The molecule has 1 atom stereocenters. The quantitative estimate of drug-likeness (QED) is 0.0262. The third-order valence-corrected chi connectivity index (χ3v) is 11.8. The van der Waals surface area contributed by atoms with Gasteiger partial charge in [-0.1, -0.05) is 223 Å². The minimum absolute atomic E-state index is 0.0859. The summed E-state index contributed by atoms with van der Waals surface area (Å²) in [5.74, 6) is -0.925. The molecule has 0 radical (unpaired) electrons. The normalized spacial score (nSPS) is 12.4. The van der Waals surface area contributed by atoms with Crippen molar-refractivity contribution < 1.29 is 28.6 Å². The van der Waals surface area contributed by atoms with Gasteiger partial charge >= 0.3 is 17.9 Å². The molecule has 0 heterocycles. The van der Waals surface area contributed by atoms with E-state index in [1.807, 2.05) is 0 Å². The molecule has 0 aliphatic carbocycles. The van der Waals surface area contributed by atoms with Crippen LogP contribution >= 0.6 is 0 Å². The minimum Gasteiger partial charge on any atom is -0.462 e. The topological polar surface area (TPSA) is 78.9 Å². The number of esters is 3. The fraction of sp³-hybridized carbons (Fsp3) is 0.807. The van der Waals surface area contributed by atoms with Gasteiger partial charge in [0.25, 0.3) is 0 Å². The van der Waals surface area contributed by atoms with Crippen LogP contribution in [0.4, 0.5) is 0 Å². The predicted octanol–water partition coefficient (Wildman–Crippen LogP) is 17.9. The highest BCUT2D eigenvalue weighted by Crippen LogP contribution is 2.16. The van der Waals surface area contributed by atoms with Gasteiger partial charge in [0.15, 0.2) is 6.10 Å². The molecule has 0 saturated carbocycles. The SMILES string of the molecule is CCCCC/C=C\C/C=C\C/C=C\CCCCC(=O)OC[C@H](COC(=O)CCCCCCCCCCCCCCCCCCC)OC(=O)CCCCCCC/C=C\CCCCCC. The molecule has 0 aliphatic rings. The lowest BCUT2D eigenvalue weighted by Crippen LogP contribution is -2.30. The van der Waals surface area contributed by atoms with Crippen molar-refractivity contribution in [1.29, 1.82) is 0 Å². The van der Waals surface area contributed by atoms with Gasteiger partial charge in [0.2, 0.25) is 0 Å². The number of ether oxygens (including phenoxy) is 3. The number of carbonyl (C=O) groups is 3. The van der Waals surface area contributed by atoms with E-state index < -0.39 is 6.10 Å². The second kappa shape index (κ2) is 52.0. The minimum atomic E-state index is -0.790. The second-order valence-electron chi connectivity index (χ2n) is 18.1. The van der Waals surface area contributed by atoms with Gasteiger partial charge < -0.3 is 14.2 Å². The molecule has 63 heavy (non-hydrogen) atoms. The maximum Gasteiger partial charge on any atom is 0.306 e. The zero-order valence-electron chi connectivity index (χ0n) is 41.8. The van der Waals surface area contributed by atoms with Crippen LogP contribution in [0.3, 0.4) is 0 Å². The van der Waals surface area contributed by atoms with Crippen molar-refractivity contribution in [2.45, 2.75) is 284 Å². The molecule has 0 fully saturated rings. The van der Waals surface area contributed by atoms with E-state index in [0.717, 1.165) is 83.5 Å². The van der Waals surface area contributed by atoms with Gasteiger partial charge in [0.1, 0.15) is 13.2 Å². The van der Waals surface area contributed by atoms with Crippen molar-refractivity contribution in [3.8, 4) is 0 Å². The fourth-order valence-electron chi connectivity index (χ4n) is 7.68. The lowest BCUT2D eigenvalue weighted by Gasteiger charge is -2.18. The summed E-state index contributed by atoms with van der Waals surface area (Å²) < 4.78 is 16.8. The lowest BCUT2D eigenvalue weighted by atomic mass is 10.0. The van der Waals surface area contributed by atoms with Crippen LogP contribution in [-0.2, 0) is 28.6 Å². The van der Waals surface area contributed by atoms with E-state index in [-0.39, 0.29) is 31.1 Å². The molecule has 6 nitrogen and oxygen atoms in total. The van der Waals surface area contributed by atoms with Gasteiger partial charge in [-0.3, -0.25) is 14.4 Å². The summed E-state index contributed by atoms with van der Waals surface area (Å²) in [6.45, 7) is 6.58. The molecule has 0 N–H and O–H groups in total. The highest BCUT2D eigenvalue weighted by atomic mass is 16.6. The Morgan fingerprint density at radius 2 is 0.571 bits per heavy atom. The summed E-state index contributed by atoms with van der Waals surface area (Å²) in [5.41, 5.74) is 0. The highest BCUT2D eigenvalue weighted by Gasteiger charge is 2.19. The van der Waals surface area contributed by atoms with Gasteiger partial charge in [-0.2, -0.15) is 0 Å². The maximum atomic E-state index is 12.8. The molecule has 0 bridgehead atoms. The van der Waals surface area contributed by atoms with E-state index in [9.17, 15) is 14.4 Å². The summed E-state index contributed by atoms with van der Waals surface area (Å²) >= 11 is 0. The first-order valence-corrected chi connectivity index (χ1v) is 27.1. The molecule has 0 aromatic rings. The maximum absolute atomic E-state index is 12.8. The third-order valence-electron chi connectivity index (χ3n) is 11.8. The summed E-state index contributed by atoms with van der Waals surface area (Å²) in [4.78, 5) is 38.0. The Labute approximate surface area is 390 Å². The number of hydrogen-bond donors (Lipinski definition) is 0. The van der Waals surface area contributed by atoms with Crippen molar-refractivity contribution in [3.63, 3.8) is 0 Å². The summed E-state index contributed by atoms with van der Waals surface area (Å²) in [6.07, 6.45) is 62.4. The Morgan fingerprint density at radius 3 is 0.984 bits per heavy atom. The number of carbonyl (C=O) groups excluding carboxylic acids is 3. The molecule has 0 spiro atoms. The summed E-state index contributed by atoms with van der Waals surface area (Å²) in [7, 11) is 0. The molecule has 0 rings (SSSR count). The molecule has 0 amide bonds. The Kier molecular flexibility index (Phi) is 49.8. The van der Waals surface area contributed by atoms with Gasteiger partial charge in [-0.25, -0.2) is 0 Å². The van der Waals surface area contributed by atoms with Crippen molar-refractivity contribution in [2.24, 2.45) is 0 Å². The molecular formula is C57H102O6. The first-order valence-electron chi connectivity index (χ1n) is 27.1. The first-order chi connectivity index (χ1) is 31.0. The van der Waals surface area contributed by atoms with Gasteiger partial charge in [0, 0.05) is 19.3 Å². The fourth-order valence-corrected chi connectivity index (χ4v) is 7.68. The second-order valence-corrected chi connectivity index (χ2v) is 18.1. The molecular weight excluding hydrogens is 781 g/mol. The Balaban J connectivity index is 4.40. The zero-order valence-corrected chi connectivity index (χ0v) is 41.8. The van der Waals surface area contributed by atoms with Gasteiger partial charge in [-0.05, 0) is 83.5 Å². The van der Waals surface area contributed by atoms with Crippen LogP contribution in [-0.4, -0.2) is 37.2 Å². The standard InChI is InChI=1S/C57H102O6/c1-4-7-10-13-16-19-22-25-27-28-30-33-35-38-41-44-47-50-56(59)62-53-54(63-57(60)51-48-45-42-39-36-31-24-21-18-15-12-9-6-3)52-61-55(58)49-46-43-40-37-34-32-29-26-23-20-17-14-11-8-5-2/h17,20-21,24,26,29,34,37,54H,4-16,18-19,22-23,25,27-28,30-33,35-36,38-53H2,1-3H3/b20-17-,24-21-,29-26-,37-34-/t54-/m1/s1. The average Bonchev–Trinajstić information content (AvgIpc) is 3.28. The third kappa shape index (κ3) is 50.2.